The number of furan rings is 1. The monoisotopic (exact) mass is 924 g/mol. The van der Waals surface area contributed by atoms with Gasteiger partial charge in [-0.05, 0) is 115 Å². The number of hydrogen-bond donors (Lipinski definition) is 0. The van der Waals surface area contributed by atoms with Crippen LogP contribution in [0.25, 0.3) is 66.7 Å². The molecule has 279 valence electrons. The Morgan fingerprint density at radius 1 is 0.673 bits per heavy atom. The van der Waals surface area contributed by atoms with Crippen LogP contribution in [-0.2, 0) is 26.5 Å². The number of nitrogens with zero attached hydrogens (tertiary/aromatic N) is 2. The number of hydrogen-bond acceptors (Lipinski definition) is 3. The van der Waals surface area contributed by atoms with Gasteiger partial charge in [0.2, 0.25) is 0 Å². The summed E-state index contributed by atoms with van der Waals surface area (Å²) in [5.74, 6) is 0. The van der Waals surface area contributed by atoms with E-state index < -0.39 is 117 Å². The van der Waals surface area contributed by atoms with Crippen LogP contribution in [0, 0.1) is 58.7 Å². The molecule has 8 rings (SSSR count). The molecule has 4 heteroatoms. The molecule has 0 aliphatic carbocycles. The fraction of sp³-hybridized carbons (Fsp3) is 0.216. The normalized spacial score (nSPS) is 19.8. The van der Waals surface area contributed by atoms with E-state index >= 15 is 0 Å². The van der Waals surface area contributed by atoms with Gasteiger partial charge in [-0.1, -0.05) is 111 Å². The number of para-hydroxylation sites is 1. The number of rotatable bonds is 5. The molecule has 0 bridgehead atoms. The Morgan fingerprint density at radius 2 is 1.38 bits per heavy atom. The molecule has 0 fully saturated rings. The number of aromatic nitrogens is 2. The largest absolute Gasteiger partial charge is 0.501 e. The zero-order valence-corrected chi connectivity index (χ0v) is 32.0. The molecule has 3 aromatic heterocycles. The Balaban J connectivity index is 0.000000368. The van der Waals surface area contributed by atoms with E-state index in [1.54, 1.807) is 24.3 Å². The molecule has 55 heavy (non-hydrogen) atoms. The molecule has 0 saturated carbocycles. The number of fused-ring (bicyclic) bond motifs is 3. The van der Waals surface area contributed by atoms with E-state index in [1.165, 1.54) is 12.3 Å². The van der Waals surface area contributed by atoms with E-state index in [9.17, 15) is 0 Å². The van der Waals surface area contributed by atoms with Crippen LogP contribution in [0.3, 0.4) is 0 Å². The van der Waals surface area contributed by atoms with E-state index in [0.29, 0.717) is 16.8 Å². The molecule has 3 heterocycles. The second-order valence-corrected chi connectivity index (χ2v) is 13.4. The fourth-order valence-corrected chi connectivity index (χ4v) is 5.79. The summed E-state index contributed by atoms with van der Waals surface area (Å²) < 4.78 is 218. The van der Waals surface area contributed by atoms with Crippen LogP contribution in [0.15, 0.2) is 120 Å². The average molecular weight is 923 g/mol. The Hall–Kier alpha value is -5.15. The Bertz CT molecular complexity index is 3690. The third kappa shape index (κ3) is 8.73. The number of aryl methyl sites for hydroxylation is 6. The predicted octanol–water partition coefficient (Wildman–Crippen LogP) is 13.8. The van der Waals surface area contributed by atoms with Gasteiger partial charge < -0.3 is 14.4 Å². The molecule has 8 aromatic rings. The second-order valence-electron chi connectivity index (χ2n) is 13.4. The minimum absolute atomic E-state index is 0. The van der Waals surface area contributed by atoms with Crippen molar-refractivity contribution in [2.24, 2.45) is 5.41 Å². The van der Waals surface area contributed by atoms with Gasteiger partial charge in [-0.25, -0.2) is 0 Å². The van der Waals surface area contributed by atoms with Crippen molar-refractivity contribution in [3.63, 3.8) is 0 Å². The van der Waals surface area contributed by atoms with Crippen molar-refractivity contribution in [3.05, 3.63) is 166 Å². The SMILES string of the molecule is [2H]C([2H])([2H])c1c[c-]c(-c2ccc(C([2H])([2H])C(C)(C)C)cn2)cc1.[2H]c1[c-]c(-c2cc(-c3cc(C([2H])([2H])[2H])c(-c4ccc(C([2H])([2H])[2H])cc4C([2H])([2H])[2H])cc3C([2H])([2H])[2H])c(C([2H])([2H])[2H])cn2)c2oc3c([2H])c([2H])c([2H])c([2H])c3c2c1[2H].[Ir]. The van der Waals surface area contributed by atoms with Gasteiger partial charge in [0.05, 0.1) is 11.1 Å². The van der Waals surface area contributed by atoms with Crippen LogP contribution < -0.4 is 0 Å². The van der Waals surface area contributed by atoms with Crippen molar-refractivity contribution >= 4 is 21.9 Å². The van der Waals surface area contributed by atoms with E-state index in [2.05, 4.69) is 22.1 Å². The third-order valence-electron chi connectivity index (χ3n) is 8.23. The van der Waals surface area contributed by atoms with E-state index in [0.717, 1.165) is 42.6 Å². The number of benzene rings is 5. The van der Waals surface area contributed by atoms with E-state index in [-0.39, 0.29) is 81.1 Å². The fourth-order valence-electron chi connectivity index (χ4n) is 5.79. The molecule has 0 amide bonds. The number of pyridine rings is 2. The predicted molar refractivity (Wildman–Crippen MR) is 227 cm³/mol. The molecule has 5 aromatic carbocycles. The maximum atomic E-state index is 8.59. The van der Waals surface area contributed by atoms with Crippen LogP contribution >= 0.6 is 0 Å². The van der Waals surface area contributed by atoms with Crippen LogP contribution in [0.4, 0.5) is 0 Å². The van der Waals surface area contributed by atoms with Gasteiger partial charge in [-0.2, -0.15) is 0 Å². The third-order valence-corrected chi connectivity index (χ3v) is 8.23. The molecule has 0 atom stereocenters. The minimum atomic E-state index is -3.12. The van der Waals surface area contributed by atoms with Gasteiger partial charge in [0, 0.05) is 66.7 Å². The summed E-state index contributed by atoms with van der Waals surface area (Å²) >= 11 is 0. The average Bonchev–Trinajstić information content (AvgIpc) is 3.75. The van der Waals surface area contributed by atoms with Crippen molar-refractivity contribution in [2.75, 3.05) is 0 Å². The van der Waals surface area contributed by atoms with E-state index in [1.807, 2.05) is 20.8 Å². The maximum absolute atomic E-state index is 8.59. The summed E-state index contributed by atoms with van der Waals surface area (Å²) in [4.78, 5) is 8.55. The summed E-state index contributed by atoms with van der Waals surface area (Å²) in [5.41, 5.74) is -3.73. The van der Waals surface area contributed by atoms with Crippen LogP contribution in [0.5, 0.6) is 0 Å². The maximum Gasteiger partial charge on any atom is 0.120 e. The molecule has 0 N–H and O–H groups in total. The van der Waals surface area contributed by atoms with Gasteiger partial charge in [-0.15, -0.1) is 53.5 Å². The van der Waals surface area contributed by atoms with Gasteiger partial charge in [0.15, 0.2) is 0 Å². The topological polar surface area (TPSA) is 38.9 Å². The molecule has 3 nitrogen and oxygen atoms in total. The Kier molecular flexibility index (Phi) is 5.39. The van der Waals surface area contributed by atoms with Crippen LogP contribution in [-0.4, -0.2) is 9.97 Å². The summed E-state index contributed by atoms with van der Waals surface area (Å²) in [7, 11) is 0. The smallest absolute Gasteiger partial charge is 0.120 e. The zero-order chi connectivity index (χ0) is 60.2. The van der Waals surface area contributed by atoms with Crippen molar-refractivity contribution in [2.45, 2.75) is 68.3 Å². The van der Waals surface area contributed by atoms with Gasteiger partial charge in [0.1, 0.15) is 5.58 Å². The molecule has 1 radical (unpaired) electrons. The van der Waals surface area contributed by atoms with Crippen molar-refractivity contribution in [1.82, 2.24) is 9.97 Å². The quantitative estimate of drug-likeness (QED) is 0.161. The van der Waals surface area contributed by atoms with E-state index in [4.69, 9.17) is 40.1 Å². The first-order valence-electron chi connectivity index (χ1n) is 29.6. The van der Waals surface area contributed by atoms with Gasteiger partial charge in [-0.3, -0.25) is 0 Å². The minimum Gasteiger partial charge on any atom is -0.501 e. The first-order valence-corrected chi connectivity index (χ1v) is 16.6. The van der Waals surface area contributed by atoms with Crippen LogP contribution in [0.2, 0.25) is 0 Å². The standard InChI is InChI=1S/C34H28NO.C17H20N.Ir/c1-20-13-14-25(21(2)15-20)29-16-23(4)30(17-22(29)3)31-18-32(35-19-24(31)5)28-11-8-10-27-26-9-6-7-12-33(26)36-34(27)28;1-13-5-8-15(9-6-13)16-10-7-14(12-18-16)11-17(2,3)4;/h6-10,12-19H,1-5H3;5-8,10,12H,11H2,1-4H3;/q2*-1;/i1D3,2D3,3D3,4D3,5D3,6D,7D,8D,9D,10D,12D;1D3,11D2;. The van der Waals surface area contributed by atoms with Crippen molar-refractivity contribution in [1.29, 1.82) is 0 Å². The van der Waals surface area contributed by atoms with Gasteiger partial charge in [0.25, 0.3) is 0 Å². The summed E-state index contributed by atoms with van der Waals surface area (Å²) in [6, 6.07) is 16.1. The molecule has 0 aliphatic heterocycles. The van der Waals surface area contributed by atoms with Crippen LogP contribution in [0.1, 0.15) is 95.4 Å². The van der Waals surface area contributed by atoms with Crippen molar-refractivity contribution < 1.29 is 60.2 Å². The molecule has 0 aliphatic rings. The zero-order valence-electron chi connectivity index (χ0n) is 55.6. The first kappa shape index (κ1) is 18.2. The first-order chi connectivity index (χ1) is 36.4. The molecular formula is C51H48IrN2O-2. The Labute approximate surface area is 376 Å². The van der Waals surface area contributed by atoms with Crippen molar-refractivity contribution in [3.8, 4) is 44.8 Å². The summed E-state index contributed by atoms with van der Waals surface area (Å²) in [6.45, 7) is -11.6. The second kappa shape index (κ2) is 16.3. The van der Waals surface area contributed by atoms with Gasteiger partial charge >= 0.3 is 0 Å². The molecule has 0 unspecified atom stereocenters. The molecule has 0 spiro atoms. The Morgan fingerprint density at radius 3 is 2.07 bits per heavy atom. The molecule has 0 saturated heterocycles. The summed E-state index contributed by atoms with van der Waals surface area (Å²) in [5, 5.41) is -0.416. The molecular weight excluding hydrogens is 849 g/mol. The summed E-state index contributed by atoms with van der Waals surface area (Å²) in [6.07, 6.45) is 0.916.